The largest absolute Gasteiger partial charge is 0.486 e. The zero-order valence-corrected chi connectivity index (χ0v) is 11.1. The van der Waals surface area contributed by atoms with Gasteiger partial charge in [-0.25, -0.2) is 0 Å². The van der Waals surface area contributed by atoms with Crippen LogP contribution in [0, 0.1) is 5.92 Å². The third-order valence-corrected chi connectivity index (χ3v) is 3.95. The molecule has 2 unspecified atom stereocenters. The van der Waals surface area contributed by atoms with Crippen molar-refractivity contribution in [2.24, 2.45) is 11.7 Å². The van der Waals surface area contributed by atoms with Crippen molar-refractivity contribution >= 4 is 0 Å². The van der Waals surface area contributed by atoms with Crippen molar-refractivity contribution in [1.29, 1.82) is 0 Å². The average molecular weight is 263 g/mol. The van der Waals surface area contributed by atoms with Gasteiger partial charge >= 0.3 is 0 Å². The van der Waals surface area contributed by atoms with Crippen molar-refractivity contribution in [3.05, 3.63) is 24.3 Å². The average Bonchev–Trinajstić information content (AvgIpc) is 2.48. The summed E-state index contributed by atoms with van der Waals surface area (Å²) >= 11 is 0. The summed E-state index contributed by atoms with van der Waals surface area (Å²) in [6, 6.07) is 7.79. The summed E-state index contributed by atoms with van der Waals surface area (Å²) in [5.41, 5.74) is 6.29. The Balaban J connectivity index is 1.58. The van der Waals surface area contributed by atoms with Gasteiger partial charge in [-0.2, -0.15) is 0 Å². The molecule has 4 nitrogen and oxygen atoms in total. The fraction of sp³-hybridized carbons (Fsp3) is 0.600. The Bertz CT molecular complexity index is 418. The van der Waals surface area contributed by atoms with Crippen LogP contribution in [0.3, 0.4) is 0 Å². The van der Waals surface area contributed by atoms with Crippen LogP contribution in [0.5, 0.6) is 11.5 Å². The van der Waals surface area contributed by atoms with Gasteiger partial charge in [0.2, 0.25) is 0 Å². The summed E-state index contributed by atoms with van der Waals surface area (Å²) in [4.78, 5) is 0. The molecule has 0 amide bonds. The maximum Gasteiger partial charge on any atom is 0.161 e. The van der Waals surface area contributed by atoms with Gasteiger partial charge in [-0.15, -0.1) is 0 Å². The number of ether oxygens (including phenoxy) is 3. The number of fused-ring (bicyclic) bond motifs is 1. The molecule has 2 aliphatic rings. The van der Waals surface area contributed by atoms with Crippen LogP contribution >= 0.6 is 0 Å². The Morgan fingerprint density at radius 2 is 1.89 bits per heavy atom. The Morgan fingerprint density at radius 3 is 2.68 bits per heavy atom. The van der Waals surface area contributed by atoms with Crippen LogP contribution in [0.1, 0.15) is 19.3 Å². The molecule has 0 aromatic heterocycles. The van der Waals surface area contributed by atoms with Crippen LogP contribution in [0.25, 0.3) is 0 Å². The van der Waals surface area contributed by atoms with E-state index in [1.165, 1.54) is 0 Å². The maximum absolute atomic E-state index is 6.29. The molecule has 1 saturated heterocycles. The SMILES string of the molecule is NC(CC1CCOCC1)C1COc2ccccc2O1. The molecule has 0 saturated carbocycles. The smallest absolute Gasteiger partial charge is 0.161 e. The third-order valence-electron chi connectivity index (χ3n) is 3.95. The summed E-state index contributed by atoms with van der Waals surface area (Å²) in [6.07, 6.45) is 3.16. The molecule has 0 bridgehead atoms. The summed E-state index contributed by atoms with van der Waals surface area (Å²) in [5.74, 6) is 2.28. The number of benzene rings is 1. The number of hydrogen-bond donors (Lipinski definition) is 1. The number of para-hydroxylation sites is 2. The van der Waals surface area contributed by atoms with Gasteiger partial charge in [-0.1, -0.05) is 12.1 Å². The minimum Gasteiger partial charge on any atom is -0.486 e. The topological polar surface area (TPSA) is 53.7 Å². The fourth-order valence-electron chi connectivity index (χ4n) is 2.77. The normalized spacial score (nSPS) is 25.0. The van der Waals surface area contributed by atoms with Crippen LogP contribution in [-0.2, 0) is 4.74 Å². The highest BCUT2D eigenvalue weighted by Gasteiger charge is 2.28. The monoisotopic (exact) mass is 263 g/mol. The van der Waals surface area contributed by atoms with Crippen molar-refractivity contribution in [2.75, 3.05) is 19.8 Å². The van der Waals surface area contributed by atoms with Crippen LogP contribution in [0.2, 0.25) is 0 Å². The van der Waals surface area contributed by atoms with Crippen molar-refractivity contribution in [3.8, 4) is 11.5 Å². The molecule has 2 atom stereocenters. The molecule has 2 heterocycles. The van der Waals surface area contributed by atoms with Crippen molar-refractivity contribution in [1.82, 2.24) is 0 Å². The van der Waals surface area contributed by atoms with Gasteiger partial charge in [-0.05, 0) is 37.3 Å². The molecule has 0 radical (unpaired) electrons. The summed E-state index contributed by atoms with van der Waals surface area (Å²) in [5, 5.41) is 0. The molecule has 2 aliphatic heterocycles. The summed E-state index contributed by atoms with van der Waals surface area (Å²) < 4.78 is 17.0. The molecule has 0 aliphatic carbocycles. The summed E-state index contributed by atoms with van der Waals surface area (Å²) in [6.45, 7) is 2.27. The zero-order chi connectivity index (χ0) is 13.1. The molecule has 0 spiro atoms. The highest BCUT2D eigenvalue weighted by molar-refractivity contribution is 5.40. The lowest BCUT2D eigenvalue weighted by Crippen LogP contribution is -2.46. The van der Waals surface area contributed by atoms with Crippen LogP contribution in [0.4, 0.5) is 0 Å². The van der Waals surface area contributed by atoms with Crippen LogP contribution in [0.15, 0.2) is 24.3 Å². The van der Waals surface area contributed by atoms with Crippen LogP contribution in [-0.4, -0.2) is 32.0 Å². The first kappa shape index (κ1) is 12.8. The maximum atomic E-state index is 6.29. The Morgan fingerprint density at radius 1 is 1.16 bits per heavy atom. The van der Waals surface area contributed by atoms with Gasteiger partial charge < -0.3 is 19.9 Å². The molecule has 1 fully saturated rings. The Kier molecular flexibility index (Phi) is 3.89. The molecule has 1 aromatic rings. The molecule has 19 heavy (non-hydrogen) atoms. The van der Waals surface area contributed by atoms with Gasteiger partial charge in [0.15, 0.2) is 11.5 Å². The lowest BCUT2D eigenvalue weighted by Gasteiger charge is -2.32. The van der Waals surface area contributed by atoms with E-state index < -0.39 is 0 Å². The molecular formula is C15H21NO3. The van der Waals surface area contributed by atoms with E-state index in [0.29, 0.717) is 12.5 Å². The first-order valence-corrected chi connectivity index (χ1v) is 7.05. The first-order valence-electron chi connectivity index (χ1n) is 7.05. The highest BCUT2D eigenvalue weighted by Crippen LogP contribution is 2.32. The zero-order valence-electron chi connectivity index (χ0n) is 11.1. The minimum absolute atomic E-state index is 0.0245. The van der Waals surface area contributed by atoms with E-state index >= 15 is 0 Å². The van der Waals surface area contributed by atoms with E-state index in [2.05, 4.69) is 0 Å². The van der Waals surface area contributed by atoms with Gasteiger partial charge in [0, 0.05) is 19.3 Å². The lowest BCUT2D eigenvalue weighted by molar-refractivity contribution is 0.0392. The highest BCUT2D eigenvalue weighted by atomic mass is 16.6. The molecule has 2 N–H and O–H groups in total. The standard InChI is InChI=1S/C15H21NO3/c16-12(9-11-5-7-17-8-6-11)15-10-18-13-3-1-2-4-14(13)19-15/h1-4,11-12,15H,5-10,16H2. The lowest BCUT2D eigenvalue weighted by atomic mass is 9.90. The van der Waals surface area contributed by atoms with Gasteiger partial charge in [-0.3, -0.25) is 0 Å². The van der Waals surface area contributed by atoms with Gasteiger partial charge in [0.25, 0.3) is 0 Å². The minimum atomic E-state index is -0.0438. The van der Waals surface area contributed by atoms with E-state index in [4.69, 9.17) is 19.9 Å². The second-order valence-corrected chi connectivity index (χ2v) is 5.37. The molecular weight excluding hydrogens is 242 g/mol. The van der Waals surface area contributed by atoms with E-state index in [1.807, 2.05) is 24.3 Å². The number of rotatable bonds is 3. The van der Waals surface area contributed by atoms with E-state index in [-0.39, 0.29) is 12.1 Å². The number of nitrogens with two attached hydrogens (primary N) is 1. The van der Waals surface area contributed by atoms with Crippen molar-refractivity contribution in [3.63, 3.8) is 0 Å². The van der Waals surface area contributed by atoms with Crippen molar-refractivity contribution < 1.29 is 14.2 Å². The van der Waals surface area contributed by atoms with E-state index in [9.17, 15) is 0 Å². The van der Waals surface area contributed by atoms with Crippen LogP contribution < -0.4 is 15.2 Å². The predicted octanol–water partition coefficient (Wildman–Crippen LogP) is 1.97. The summed E-state index contributed by atoms with van der Waals surface area (Å²) in [7, 11) is 0. The van der Waals surface area contributed by atoms with E-state index in [1.54, 1.807) is 0 Å². The fourth-order valence-corrected chi connectivity index (χ4v) is 2.77. The van der Waals surface area contributed by atoms with Gasteiger partial charge in [0.1, 0.15) is 12.7 Å². The molecule has 1 aromatic carbocycles. The van der Waals surface area contributed by atoms with Crippen molar-refractivity contribution in [2.45, 2.75) is 31.4 Å². The van der Waals surface area contributed by atoms with E-state index in [0.717, 1.165) is 44.0 Å². The molecule has 104 valence electrons. The third kappa shape index (κ3) is 3.01. The second-order valence-electron chi connectivity index (χ2n) is 5.37. The first-order chi connectivity index (χ1) is 9.33. The molecule has 4 heteroatoms. The van der Waals surface area contributed by atoms with Gasteiger partial charge in [0.05, 0.1) is 0 Å². The Labute approximate surface area is 113 Å². The number of hydrogen-bond acceptors (Lipinski definition) is 4. The predicted molar refractivity (Wildman–Crippen MR) is 72.5 cm³/mol. The quantitative estimate of drug-likeness (QED) is 0.906. The Hall–Kier alpha value is -1.26. The second kappa shape index (κ2) is 5.80. The molecule has 3 rings (SSSR count).